The van der Waals surface area contributed by atoms with Crippen LogP contribution >= 0.6 is 0 Å². The van der Waals surface area contributed by atoms with Crippen LogP contribution in [0.2, 0.25) is 0 Å². The number of aliphatic carboxylic acids is 1. The van der Waals surface area contributed by atoms with Gasteiger partial charge in [-0.05, 0) is 18.4 Å². The van der Waals surface area contributed by atoms with Crippen LogP contribution in [-0.4, -0.2) is 43.0 Å². The van der Waals surface area contributed by atoms with Crippen LogP contribution in [0.3, 0.4) is 0 Å². The summed E-state index contributed by atoms with van der Waals surface area (Å²) in [6, 6.07) is 0. The smallest absolute Gasteiger partial charge is 0.335 e. The van der Waals surface area contributed by atoms with Crippen molar-refractivity contribution in [3.63, 3.8) is 0 Å². The second-order valence-corrected chi connectivity index (χ2v) is 4.16. The number of ether oxygens (including phenoxy) is 2. The van der Waals surface area contributed by atoms with Crippen molar-refractivity contribution in [1.82, 2.24) is 0 Å². The molecule has 0 bridgehead atoms. The molecule has 0 aliphatic heterocycles. The fraction of sp³-hybridized carbons (Fsp3) is 0.917. The molecule has 110 valence electrons. The Hall–Kier alpha value is -1.30. The van der Waals surface area contributed by atoms with E-state index in [4.69, 9.17) is 20.1 Å². The van der Waals surface area contributed by atoms with Crippen LogP contribution in [0.25, 0.3) is 10.4 Å². The van der Waals surface area contributed by atoms with Gasteiger partial charge in [0.05, 0.1) is 6.54 Å². The molecule has 0 heterocycles. The van der Waals surface area contributed by atoms with E-state index in [0.29, 0.717) is 13.2 Å². The molecule has 7 heteroatoms. The summed E-state index contributed by atoms with van der Waals surface area (Å²) in [5.74, 6) is -1.09. The van der Waals surface area contributed by atoms with E-state index >= 15 is 0 Å². The van der Waals surface area contributed by atoms with E-state index < -0.39 is 18.2 Å². The summed E-state index contributed by atoms with van der Waals surface area (Å²) in [5.41, 5.74) is 8.34. The maximum Gasteiger partial charge on any atom is 0.335 e. The SMILES string of the molecule is CCCCOC(CN=[N+]=[N-])[C@H](OCCCC)C(=O)O. The van der Waals surface area contributed by atoms with E-state index in [-0.39, 0.29) is 6.54 Å². The Morgan fingerprint density at radius 3 is 2.32 bits per heavy atom. The van der Waals surface area contributed by atoms with Crippen LogP contribution < -0.4 is 0 Å². The molecule has 0 aliphatic carbocycles. The summed E-state index contributed by atoms with van der Waals surface area (Å²) in [6.07, 6.45) is 1.65. The number of rotatable bonds is 12. The number of azide groups is 1. The summed E-state index contributed by atoms with van der Waals surface area (Å²) in [5, 5.41) is 12.6. The summed E-state index contributed by atoms with van der Waals surface area (Å²) < 4.78 is 10.8. The maximum absolute atomic E-state index is 11.2. The van der Waals surface area contributed by atoms with Crippen molar-refractivity contribution in [3.8, 4) is 0 Å². The lowest BCUT2D eigenvalue weighted by Crippen LogP contribution is -2.40. The topological polar surface area (TPSA) is 105 Å². The zero-order valence-electron chi connectivity index (χ0n) is 11.6. The van der Waals surface area contributed by atoms with Crippen molar-refractivity contribution in [3.05, 3.63) is 10.4 Å². The van der Waals surface area contributed by atoms with E-state index in [1.54, 1.807) is 0 Å². The highest BCUT2D eigenvalue weighted by Crippen LogP contribution is 2.09. The molecule has 0 saturated heterocycles. The predicted molar refractivity (Wildman–Crippen MR) is 70.9 cm³/mol. The second kappa shape index (κ2) is 11.8. The normalized spacial score (nSPS) is 13.6. The van der Waals surface area contributed by atoms with Gasteiger partial charge in [-0.1, -0.05) is 31.8 Å². The van der Waals surface area contributed by atoms with Crippen LogP contribution in [0.5, 0.6) is 0 Å². The number of carboxylic acids is 1. The third-order valence-corrected chi connectivity index (χ3v) is 2.53. The van der Waals surface area contributed by atoms with Crippen molar-refractivity contribution in [1.29, 1.82) is 0 Å². The number of unbranched alkanes of at least 4 members (excludes halogenated alkanes) is 2. The molecule has 0 aromatic carbocycles. The van der Waals surface area contributed by atoms with Crippen LogP contribution in [0.15, 0.2) is 5.11 Å². The Morgan fingerprint density at radius 2 is 1.84 bits per heavy atom. The van der Waals surface area contributed by atoms with E-state index in [0.717, 1.165) is 25.7 Å². The molecule has 19 heavy (non-hydrogen) atoms. The highest BCUT2D eigenvalue weighted by atomic mass is 16.6. The van der Waals surface area contributed by atoms with Crippen molar-refractivity contribution >= 4 is 5.97 Å². The minimum atomic E-state index is -1.09. The van der Waals surface area contributed by atoms with E-state index in [1.165, 1.54) is 0 Å². The fourth-order valence-corrected chi connectivity index (χ4v) is 1.42. The van der Waals surface area contributed by atoms with Gasteiger partial charge in [0.2, 0.25) is 0 Å². The molecule has 0 fully saturated rings. The first-order valence-corrected chi connectivity index (χ1v) is 6.64. The molecule has 2 atom stereocenters. The number of hydrogen-bond acceptors (Lipinski definition) is 4. The van der Waals surface area contributed by atoms with Gasteiger partial charge in [0, 0.05) is 18.1 Å². The summed E-state index contributed by atoms with van der Waals surface area (Å²) in [4.78, 5) is 13.8. The number of carboxylic acid groups (broad SMARTS) is 1. The minimum Gasteiger partial charge on any atom is -0.479 e. The first-order chi connectivity index (χ1) is 9.17. The third kappa shape index (κ3) is 8.42. The lowest BCUT2D eigenvalue weighted by molar-refractivity contribution is -0.161. The monoisotopic (exact) mass is 273 g/mol. The summed E-state index contributed by atoms with van der Waals surface area (Å²) >= 11 is 0. The average molecular weight is 273 g/mol. The number of nitrogens with zero attached hydrogens (tertiary/aromatic N) is 3. The van der Waals surface area contributed by atoms with E-state index in [1.807, 2.05) is 13.8 Å². The Kier molecular flexibility index (Phi) is 11.0. The van der Waals surface area contributed by atoms with Gasteiger partial charge in [-0.15, -0.1) is 0 Å². The second-order valence-electron chi connectivity index (χ2n) is 4.16. The zero-order chi connectivity index (χ0) is 14.5. The van der Waals surface area contributed by atoms with Crippen molar-refractivity contribution in [2.75, 3.05) is 19.8 Å². The third-order valence-electron chi connectivity index (χ3n) is 2.53. The number of carbonyl (C=O) groups is 1. The average Bonchev–Trinajstić information content (AvgIpc) is 2.39. The highest BCUT2D eigenvalue weighted by molar-refractivity contribution is 5.73. The van der Waals surface area contributed by atoms with Gasteiger partial charge in [0.25, 0.3) is 0 Å². The fourth-order valence-electron chi connectivity index (χ4n) is 1.42. The molecule has 0 amide bonds. The van der Waals surface area contributed by atoms with Gasteiger partial charge in [-0.2, -0.15) is 0 Å². The molecule has 7 nitrogen and oxygen atoms in total. The first-order valence-electron chi connectivity index (χ1n) is 6.64. The standard InChI is InChI=1S/C12H23N3O4/c1-3-5-7-18-10(9-14-15-13)11(12(16)17)19-8-6-4-2/h10-11H,3-9H2,1-2H3,(H,16,17)/t10?,11-/m0/s1. The molecule has 0 aromatic rings. The molecule has 0 spiro atoms. The quantitative estimate of drug-likeness (QED) is 0.255. The minimum absolute atomic E-state index is 0.0384. The lowest BCUT2D eigenvalue weighted by Gasteiger charge is -2.23. The molecule has 0 rings (SSSR count). The van der Waals surface area contributed by atoms with Crippen LogP contribution in [-0.2, 0) is 14.3 Å². The Labute approximate surface area is 113 Å². The molecular formula is C12H23N3O4. The largest absolute Gasteiger partial charge is 0.479 e. The predicted octanol–water partition coefficient (Wildman–Crippen LogP) is 2.75. The lowest BCUT2D eigenvalue weighted by atomic mass is 10.2. The van der Waals surface area contributed by atoms with Crippen molar-refractivity contribution in [2.45, 2.75) is 51.7 Å². The Balaban J connectivity index is 4.50. The van der Waals surface area contributed by atoms with Gasteiger partial charge in [0.1, 0.15) is 6.10 Å². The molecule has 0 aromatic heterocycles. The van der Waals surface area contributed by atoms with E-state index in [2.05, 4.69) is 10.0 Å². The summed E-state index contributed by atoms with van der Waals surface area (Å²) in [6.45, 7) is 4.76. The van der Waals surface area contributed by atoms with E-state index in [9.17, 15) is 4.79 Å². The van der Waals surface area contributed by atoms with Gasteiger partial charge >= 0.3 is 5.97 Å². The van der Waals surface area contributed by atoms with Crippen LogP contribution in [0, 0.1) is 0 Å². The van der Waals surface area contributed by atoms with Gasteiger partial charge < -0.3 is 14.6 Å². The molecule has 0 aliphatic rings. The van der Waals surface area contributed by atoms with Crippen molar-refractivity contribution in [2.24, 2.45) is 5.11 Å². The molecule has 1 unspecified atom stereocenters. The van der Waals surface area contributed by atoms with Gasteiger partial charge in [-0.3, -0.25) is 0 Å². The maximum atomic E-state index is 11.2. The molecule has 0 saturated carbocycles. The van der Waals surface area contributed by atoms with Gasteiger partial charge in [0.15, 0.2) is 6.10 Å². The van der Waals surface area contributed by atoms with Crippen LogP contribution in [0.4, 0.5) is 0 Å². The number of hydrogen-bond donors (Lipinski definition) is 1. The van der Waals surface area contributed by atoms with Crippen molar-refractivity contribution < 1.29 is 19.4 Å². The molecular weight excluding hydrogens is 250 g/mol. The zero-order valence-corrected chi connectivity index (χ0v) is 11.6. The van der Waals surface area contributed by atoms with Gasteiger partial charge in [-0.25, -0.2) is 4.79 Å². The highest BCUT2D eigenvalue weighted by Gasteiger charge is 2.29. The molecule has 1 N–H and O–H groups in total. The summed E-state index contributed by atoms with van der Waals surface area (Å²) in [7, 11) is 0. The van der Waals surface area contributed by atoms with Crippen LogP contribution in [0.1, 0.15) is 39.5 Å². The molecule has 0 radical (unpaired) electrons. The Morgan fingerprint density at radius 1 is 1.26 bits per heavy atom. The first kappa shape index (κ1) is 17.7. The Bertz CT molecular complexity index is 293.